The molecule has 2 rings (SSSR count). The van der Waals surface area contributed by atoms with E-state index in [1.54, 1.807) is 0 Å². The lowest BCUT2D eigenvalue weighted by Crippen LogP contribution is -2.36. The molecule has 0 radical (unpaired) electrons. The Morgan fingerprint density at radius 1 is 1.29 bits per heavy atom. The predicted octanol–water partition coefficient (Wildman–Crippen LogP) is 3.30. The van der Waals surface area contributed by atoms with Crippen LogP contribution in [0.25, 0.3) is 0 Å². The highest BCUT2D eigenvalue weighted by molar-refractivity contribution is 5.23. The van der Waals surface area contributed by atoms with E-state index in [0.29, 0.717) is 0 Å². The second-order valence-electron chi connectivity index (χ2n) is 7.06. The lowest BCUT2D eigenvalue weighted by atomic mass is 10.0. The van der Waals surface area contributed by atoms with Gasteiger partial charge in [-0.25, -0.2) is 0 Å². The fourth-order valence-corrected chi connectivity index (χ4v) is 2.61. The van der Waals surface area contributed by atoms with Crippen molar-refractivity contribution in [3.05, 3.63) is 24.0 Å². The summed E-state index contributed by atoms with van der Waals surface area (Å²) in [5.41, 5.74) is 1.10. The second kappa shape index (κ2) is 6.75. The maximum Gasteiger partial charge on any atom is 0.123 e. The Hall–Kier alpha value is -1.13. The third-order valence-electron chi connectivity index (χ3n) is 3.54. The molecule has 0 aromatic carbocycles. The normalized spacial score (nSPS) is 26.6. The highest BCUT2D eigenvalue weighted by Crippen LogP contribution is 2.24. The van der Waals surface area contributed by atoms with Crippen LogP contribution in [0.15, 0.2) is 18.3 Å². The van der Waals surface area contributed by atoms with Crippen LogP contribution < -0.4 is 10.1 Å². The smallest absolute Gasteiger partial charge is 0.123 e. The van der Waals surface area contributed by atoms with Crippen LogP contribution in [0, 0.1) is 0 Å². The molecular formula is C17H28N2O2. The molecule has 0 bridgehead atoms. The van der Waals surface area contributed by atoms with Crippen LogP contribution in [0.2, 0.25) is 0 Å². The van der Waals surface area contributed by atoms with Gasteiger partial charge in [-0.05, 0) is 40.7 Å². The van der Waals surface area contributed by atoms with Crippen LogP contribution in [0.4, 0.5) is 0 Å². The van der Waals surface area contributed by atoms with E-state index in [0.717, 1.165) is 30.8 Å². The summed E-state index contributed by atoms with van der Waals surface area (Å²) in [7, 11) is 0. The van der Waals surface area contributed by atoms with Crippen molar-refractivity contribution < 1.29 is 9.47 Å². The summed E-state index contributed by atoms with van der Waals surface area (Å²) >= 11 is 0. The third kappa shape index (κ3) is 5.64. The van der Waals surface area contributed by atoms with Crippen LogP contribution in [0.5, 0.6) is 5.75 Å². The van der Waals surface area contributed by atoms with E-state index < -0.39 is 0 Å². The molecule has 2 heterocycles. The Bertz CT molecular complexity index is 446. The topological polar surface area (TPSA) is 43.4 Å². The molecule has 118 valence electrons. The van der Waals surface area contributed by atoms with Crippen molar-refractivity contribution in [1.29, 1.82) is 0 Å². The van der Waals surface area contributed by atoms with Gasteiger partial charge in [0.05, 0.1) is 17.9 Å². The van der Waals surface area contributed by atoms with Crippen molar-refractivity contribution in [3.8, 4) is 5.75 Å². The minimum atomic E-state index is 0.0874. The number of nitrogens with zero attached hydrogens (tertiary/aromatic N) is 1. The van der Waals surface area contributed by atoms with Crippen molar-refractivity contribution in [2.45, 2.75) is 77.9 Å². The van der Waals surface area contributed by atoms with Crippen molar-refractivity contribution in [1.82, 2.24) is 10.3 Å². The summed E-state index contributed by atoms with van der Waals surface area (Å²) in [4.78, 5) is 4.40. The van der Waals surface area contributed by atoms with Gasteiger partial charge in [0.1, 0.15) is 11.9 Å². The molecule has 4 nitrogen and oxygen atoms in total. The molecule has 1 aromatic rings. The second-order valence-corrected chi connectivity index (χ2v) is 7.06. The summed E-state index contributed by atoms with van der Waals surface area (Å²) in [6.45, 7) is 11.4. The number of hydrogen-bond donors (Lipinski definition) is 1. The molecule has 2 unspecified atom stereocenters. The zero-order valence-electron chi connectivity index (χ0n) is 13.8. The highest BCUT2D eigenvalue weighted by Gasteiger charge is 2.25. The van der Waals surface area contributed by atoms with E-state index >= 15 is 0 Å². The van der Waals surface area contributed by atoms with Gasteiger partial charge in [-0.1, -0.05) is 0 Å². The van der Waals surface area contributed by atoms with Gasteiger partial charge in [0, 0.05) is 37.2 Å². The first-order chi connectivity index (χ1) is 9.82. The van der Waals surface area contributed by atoms with Crippen molar-refractivity contribution in [2.24, 2.45) is 0 Å². The first-order valence-corrected chi connectivity index (χ1v) is 7.84. The Labute approximate surface area is 128 Å². The number of aromatic nitrogens is 1. The minimum Gasteiger partial charge on any atom is -0.490 e. The molecular weight excluding hydrogens is 264 g/mol. The number of pyridine rings is 1. The van der Waals surface area contributed by atoms with Crippen LogP contribution in [0.1, 0.15) is 53.2 Å². The monoisotopic (exact) mass is 292 g/mol. The molecule has 21 heavy (non-hydrogen) atoms. The van der Waals surface area contributed by atoms with Gasteiger partial charge in [0.25, 0.3) is 0 Å². The fourth-order valence-electron chi connectivity index (χ4n) is 2.61. The molecule has 1 saturated heterocycles. The van der Waals surface area contributed by atoms with Gasteiger partial charge in [-0.15, -0.1) is 0 Å². The molecule has 0 amide bonds. The van der Waals surface area contributed by atoms with Crippen LogP contribution in [-0.4, -0.2) is 28.8 Å². The number of ether oxygens (including phenoxy) is 2. The standard InChI is InChI=1S/C17H28N2O2/c1-12-8-16(9-13(2)20-12)21-15-6-7-18-14(10-15)11-19-17(3,4)5/h6-7,10,12-13,16,19H,8-9,11H2,1-5H3. The number of hydrogen-bond acceptors (Lipinski definition) is 4. The van der Waals surface area contributed by atoms with E-state index in [1.165, 1.54) is 0 Å². The quantitative estimate of drug-likeness (QED) is 0.924. The Kier molecular flexibility index (Phi) is 5.22. The zero-order chi connectivity index (χ0) is 15.5. The molecule has 1 N–H and O–H groups in total. The SMILES string of the molecule is CC1CC(Oc2ccnc(CNC(C)(C)C)c2)CC(C)O1. The summed E-state index contributed by atoms with van der Waals surface area (Å²) in [6, 6.07) is 3.97. The van der Waals surface area contributed by atoms with Crippen molar-refractivity contribution in [3.63, 3.8) is 0 Å². The molecule has 2 atom stereocenters. The number of rotatable bonds is 4. The Morgan fingerprint density at radius 2 is 1.95 bits per heavy atom. The largest absolute Gasteiger partial charge is 0.490 e. The predicted molar refractivity (Wildman–Crippen MR) is 84.5 cm³/mol. The molecule has 0 saturated carbocycles. The Morgan fingerprint density at radius 3 is 2.57 bits per heavy atom. The van der Waals surface area contributed by atoms with E-state index in [2.05, 4.69) is 44.9 Å². The lowest BCUT2D eigenvalue weighted by molar-refractivity contribution is -0.0721. The molecule has 1 aliphatic rings. The van der Waals surface area contributed by atoms with E-state index in [4.69, 9.17) is 9.47 Å². The molecule has 4 heteroatoms. The molecule has 1 fully saturated rings. The first kappa shape index (κ1) is 16.2. The average molecular weight is 292 g/mol. The van der Waals surface area contributed by atoms with Crippen molar-refractivity contribution in [2.75, 3.05) is 0 Å². The van der Waals surface area contributed by atoms with E-state index in [-0.39, 0.29) is 23.9 Å². The first-order valence-electron chi connectivity index (χ1n) is 7.84. The lowest BCUT2D eigenvalue weighted by Gasteiger charge is -2.32. The van der Waals surface area contributed by atoms with Gasteiger partial charge < -0.3 is 14.8 Å². The summed E-state index contributed by atoms with van der Waals surface area (Å²) in [5, 5.41) is 3.45. The maximum atomic E-state index is 6.12. The molecule has 1 aliphatic heterocycles. The number of nitrogens with one attached hydrogen (secondary N) is 1. The molecule has 0 aliphatic carbocycles. The van der Waals surface area contributed by atoms with Crippen LogP contribution in [0.3, 0.4) is 0 Å². The van der Waals surface area contributed by atoms with Gasteiger partial charge in [-0.3, -0.25) is 4.98 Å². The summed E-state index contributed by atoms with van der Waals surface area (Å²) < 4.78 is 11.9. The van der Waals surface area contributed by atoms with Crippen molar-refractivity contribution >= 4 is 0 Å². The summed E-state index contributed by atoms with van der Waals surface area (Å²) in [5.74, 6) is 0.905. The van der Waals surface area contributed by atoms with Gasteiger partial charge in [0.15, 0.2) is 0 Å². The van der Waals surface area contributed by atoms with E-state index in [9.17, 15) is 0 Å². The third-order valence-corrected chi connectivity index (χ3v) is 3.54. The zero-order valence-corrected chi connectivity index (χ0v) is 13.8. The Balaban J connectivity index is 1.94. The molecule has 0 spiro atoms. The summed E-state index contributed by atoms with van der Waals surface area (Å²) in [6.07, 6.45) is 4.48. The average Bonchev–Trinajstić information content (AvgIpc) is 2.35. The van der Waals surface area contributed by atoms with Gasteiger partial charge in [-0.2, -0.15) is 0 Å². The molecule has 1 aromatic heterocycles. The van der Waals surface area contributed by atoms with Gasteiger partial charge in [0.2, 0.25) is 0 Å². The van der Waals surface area contributed by atoms with E-state index in [1.807, 2.05) is 18.3 Å². The van der Waals surface area contributed by atoms with Crippen LogP contribution in [-0.2, 0) is 11.3 Å². The van der Waals surface area contributed by atoms with Gasteiger partial charge >= 0.3 is 0 Å². The fraction of sp³-hybridized carbons (Fsp3) is 0.706. The maximum absolute atomic E-state index is 6.12. The van der Waals surface area contributed by atoms with Crippen LogP contribution >= 0.6 is 0 Å². The minimum absolute atomic E-state index is 0.0874. The highest BCUT2D eigenvalue weighted by atomic mass is 16.5.